The molecular weight excluding hydrogens is 615 g/mol. The number of anilines is 2. The Labute approximate surface area is 277 Å². The van der Waals surface area contributed by atoms with Crippen molar-refractivity contribution in [3.63, 3.8) is 0 Å². The van der Waals surface area contributed by atoms with Crippen LogP contribution in [0.2, 0.25) is 10.0 Å². The first-order valence-electron chi connectivity index (χ1n) is 15.1. The minimum Gasteiger partial charge on any atom is -0.366 e. The molecule has 0 bridgehead atoms. The SMILES string of the molecule is COC(C)N1/C(=C/C=C2\CCCC(/C=C/C3(O)N(C(C)OC)c4ccc(Cl)cc4C3(C)C)=C2Cl)C(C)(C)c2cc(Cl)ccc21. The molecule has 0 saturated carbocycles. The number of nitrogens with zero attached hydrogens (tertiary/aromatic N) is 2. The monoisotopic (exact) mass is 656 g/mol. The van der Waals surface area contributed by atoms with E-state index in [2.05, 4.69) is 37.0 Å². The van der Waals surface area contributed by atoms with Gasteiger partial charge in [0.15, 0.2) is 5.72 Å². The van der Waals surface area contributed by atoms with E-state index in [0.29, 0.717) is 10.0 Å². The molecule has 0 spiro atoms. The Morgan fingerprint density at radius 2 is 1.45 bits per heavy atom. The molecule has 1 aliphatic carbocycles. The van der Waals surface area contributed by atoms with Crippen LogP contribution in [0.4, 0.5) is 11.4 Å². The van der Waals surface area contributed by atoms with Crippen molar-refractivity contribution >= 4 is 46.2 Å². The fourth-order valence-electron chi connectivity index (χ4n) is 6.95. The van der Waals surface area contributed by atoms with Crippen LogP contribution in [0, 0.1) is 0 Å². The van der Waals surface area contributed by atoms with Gasteiger partial charge in [0.1, 0.15) is 12.5 Å². The maximum Gasteiger partial charge on any atom is 0.169 e. The van der Waals surface area contributed by atoms with E-state index >= 15 is 0 Å². The molecule has 2 aromatic rings. The van der Waals surface area contributed by atoms with Gasteiger partial charge in [-0.05, 0) is 104 Å². The van der Waals surface area contributed by atoms with E-state index < -0.39 is 11.1 Å². The minimum atomic E-state index is -1.37. The fraction of sp³-hybridized carbons (Fsp3) is 0.444. The van der Waals surface area contributed by atoms with Crippen molar-refractivity contribution in [3.8, 4) is 0 Å². The Morgan fingerprint density at radius 1 is 0.841 bits per heavy atom. The van der Waals surface area contributed by atoms with Crippen molar-refractivity contribution in [3.05, 3.63) is 104 Å². The Hall–Kier alpha value is -2.25. The quantitative estimate of drug-likeness (QED) is 0.321. The zero-order valence-corrected chi connectivity index (χ0v) is 29.1. The zero-order chi connectivity index (χ0) is 32.2. The molecule has 236 valence electrons. The molecule has 5 rings (SSSR count). The average molecular weight is 658 g/mol. The van der Waals surface area contributed by atoms with Crippen LogP contribution >= 0.6 is 34.8 Å². The number of methoxy groups -OCH3 is 2. The summed E-state index contributed by atoms with van der Waals surface area (Å²) in [5, 5.41) is 14.5. The normalized spacial score (nSPS) is 25.7. The van der Waals surface area contributed by atoms with Crippen LogP contribution in [0.25, 0.3) is 0 Å². The maximum atomic E-state index is 12.4. The molecule has 5 nitrogen and oxygen atoms in total. The lowest BCUT2D eigenvalue weighted by Crippen LogP contribution is -2.57. The molecule has 0 aromatic heterocycles. The van der Waals surface area contributed by atoms with Crippen molar-refractivity contribution in [1.82, 2.24) is 0 Å². The summed E-state index contributed by atoms with van der Waals surface area (Å²) in [6.45, 7) is 12.5. The van der Waals surface area contributed by atoms with Crippen LogP contribution in [0.15, 0.2) is 82.6 Å². The Morgan fingerprint density at radius 3 is 2.09 bits per heavy atom. The molecule has 0 radical (unpaired) electrons. The van der Waals surface area contributed by atoms with Crippen molar-refractivity contribution < 1.29 is 14.6 Å². The summed E-state index contributed by atoms with van der Waals surface area (Å²) in [6.07, 6.45) is 10.3. The maximum absolute atomic E-state index is 12.4. The predicted octanol–water partition coefficient (Wildman–Crippen LogP) is 9.61. The number of rotatable bonds is 7. The second-order valence-corrected chi connectivity index (χ2v) is 14.2. The highest BCUT2D eigenvalue weighted by molar-refractivity contribution is 6.32. The second-order valence-electron chi connectivity index (χ2n) is 13.0. The zero-order valence-electron chi connectivity index (χ0n) is 26.8. The van der Waals surface area contributed by atoms with Gasteiger partial charge in [-0.25, -0.2) is 0 Å². The van der Waals surface area contributed by atoms with Crippen LogP contribution in [-0.4, -0.2) is 37.5 Å². The van der Waals surface area contributed by atoms with E-state index in [1.165, 1.54) is 0 Å². The van der Waals surface area contributed by atoms with Crippen LogP contribution in [-0.2, 0) is 20.3 Å². The summed E-state index contributed by atoms with van der Waals surface area (Å²) >= 11 is 19.9. The van der Waals surface area contributed by atoms with Gasteiger partial charge in [0.05, 0.1) is 0 Å². The number of hydrogen-bond acceptors (Lipinski definition) is 5. The summed E-state index contributed by atoms with van der Waals surface area (Å²) in [7, 11) is 3.37. The first-order chi connectivity index (χ1) is 20.7. The summed E-state index contributed by atoms with van der Waals surface area (Å²) in [5.41, 5.74) is 4.97. The van der Waals surface area contributed by atoms with Gasteiger partial charge in [-0.1, -0.05) is 74.6 Å². The molecular formula is C36H43Cl3N2O3. The lowest BCUT2D eigenvalue weighted by Gasteiger charge is -2.43. The third-order valence-electron chi connectivity index (χ3n) is 9.79. The molecule has 3 atom stereocenters. The standard InChI is InChI=1S/C36H43Cl3N2O3/c1-22(43-7)40-30-15-13-26(37)20-28(30)34(3,4)32(40)17-12-24-10-9-11-25(33(24)39)18-19-36(42)35(5,6)29-21-27(38)14-16-31(29)41(36)23(2)44-8/h12-23,42H,9-11H2,1-8H3/b19-18+,24-12+,32-17+. The highest BCUT2D eigenvalue weighted by Crippen LogP contribution is 2.53. The van der Waals surface area contributed by atoms with E-state index in [0.717, 1.165) is 63.6 Å². The van der Waals surface area contributed by atoms with Crippen molar-refractivity contribution in [2.75, 3.05) is 24.0 Å². The first-order valence-corrected chi connectivity index (χ1v) is 16.3. The van der Waals surface area contributed by atoms with E-state index in [9.17, 15) is 5.11 Å². The van der Waals surface area contributed by atoms with E-state index in [1.807, 2.05) is 75.1 Å². The molecule has 0 amide bonds. The molecule has 1 N–H and O–H groups in total. The fourth-order valence-corrected chi connectivity index (χ4v) is 7.61. The Balaban J connectivity index is 1.53. The average Bonchev–Trinajstić information content (AvgIpc) is 3.31. The highest BCUT2D eigenvalue weighted by Gasteiger charge is 2.56. The number of hydrogen-bond donors (Lipinski definition) is 1. The van der Waals surface area contributed by atoms with Crippen molar-refractivity contribution in [2.45, 2.75) is 89.8 Å². The van der Waals surface area contributed by atoms with Crippen LogP contribution < -0.4 is 9.80 Å². The van der Waals surface area contributed by atoms with E-state index in [-0.39, 0.29) is 17.9 Å². The highest BCUT2D eigenvalue weighted by atomic mass is 35.5. The Kier molecular flexibility index (Phi) is 9.16. The third kappa shape index (κ3) is 5.34. The van der Waals surface area contributed by atoms with Gasteiger partial charge in [0.25, 0.3) is 0 Å². The molecule has 44 heavy (non-hydrogen) atoms. The largest absolute Gasteiger partial charge is 0.366 e. The van der Waals surface area contributed by atoms with Gasteiger partial charge in [-0.2, -0.15) is 0 Å². The van der Waals surface area contributed by atoms with Gasteiger partial charge < -0.3 is 24.4 Å². The molecule has 2 aromatic carbocycles. The third-order valence-corrected chi connectivity index (χ3v) is 10.8. The number of aliphatic hydroxyl groups is 1. The number of fused-ring (bicyclic) bond motifs is 2. The molecule has 2 aliphatic heterocycles. The smallest absolute Gasteiger partial charge is 0.169 e. The molecule has 0 fully saturated rings. The van der Waals surface area contributed by atoms with Crippen LogP contribution in [0.1, 0.15) is 71.9 Å². The summed E-state index contributed by atoms with van der Waals surface area (Å²) < 4.78 is 11.5. The molecule has 2 heterocycles. The topological polar surface area (TPSA) is 45.2 Å². The van der Waals surface area contributed by atoms with Gasteiger partial charge in [0, 0.05) is 57.2 Å². The molecule has 3 unspecified atom stereocenters. The summed E-state index contributed by atoms with van der Waals surface area (Å²) in [6, 6.07) is 11.8. The van der Waals surface area contributed by atoms with Gasteiger partial charge in [-0.15, -0.1) is 0 Å². The first kappa shape index (κ1) is 33.1. The van der Waals surface area contributed by atoms with Crippen molar-refractivity contribution in [2.24, 2.45) is 0 Å². The molecule has 3 aliphatic rings. The minimum absolute atomic E-state index is 0.163. The predicted molar refractivity (Wildman–Crippen MR) is 184 cm³/mol. The van der Waals surface area contributed by atoms with Crippen LogP contribution in [0.5, 0.6) is 0 Å². The van der Waals surface area contributed by atoms with Gasteiger partial charge >= 0.3 is 0 Å². The van der Waals surface area contributed by atoms with E-state index in [1.54, 1.807) is 14.2 Å². The van der Waals surface area contributed by atoms with Gasteiger partial charge in [-0.3, -0.25) is 0 Å². The molecule has 0 saturated heterocycles. The lowest BCUT2D eigenvalue weighted by molar-refractivity contribution is -0.0150. The number of halogens is 3. The number of allylic oxidation sites excluding steroid dienone is 7. The van der Waals surface area contributed by atoms with Gasteiger partial charge in [0.2, 0.25) is 0 Å². The van der Waals surface area contributed by atoms with Crippen LogP contribution in [0.3, 0.4) is 0 Å². The van der Waals surface area contributed by atoms with Crippen molar-refractivity contribution in [1.29, 1.82) is 0 Å². The second kappa shape index (κ2) is 12.2. The lowest BCUT2D eigenvalue weighted by atomic mass is 9.77. The molecule has 8 heteroatoms. The Bertz CT molecular complexity index is 1570. The number of benzene rings is 2. The number of ether oxygens (including phenoxy) is 2. The van der Waals surface area contributed by atoms with E-state index in [4.69, 9.17) is 44.3 Å². The summed E-state index contributed by atoms with van der Waals surface area (Å²) in [5.74, 6) is 0. The summed E-state index contributed by atoms with van der Waals surface area (Å²) in [4.78, 5) is 4.16.